The zero-order valence-electron chi connectivity index (χ0n) is 10.8. The molecule has 2 rings (SSSR count). The Hall–Kier alpha value is -2.36. The normalized spacial score (nSPS) is 11.5. The Balaban J connectivity index is 2.58. The van der Waals surface area contributed by atoms with Crippen LogP contribution in [0.4, 0.5) is 0 Å². The Morgan fingerprint density at radius 3 is 1.37 bits per heavy atom. The molecule has 0 aliphatic heterocycles. The Morgan fingerprint density at radius 1 is 0.684 bits per heavy atom. The molecule has 0 bridgehead atoms. The average Bonchev–Trinajstić information content (AvgIpc) is 2.27. The number of hydrogen-bond donors (Lipinski definition) is 4. The van der Waals surface area contributed by atoms with E-state index < -0.39 is 5.41 Å². The van der Waals surface area contributed by atoms with Gasteiger partial charge in [0.25, 0.3) is 0 Å². The van der Waals surface area contributed by atoms with Crippen molar-refractivity contribution in [2.75, 3.05) is 0 Å². The molecule has 0 heterocycles. The first-order valence-corrected chi connectivity index (χ1v) is 5.87. The van der Waals surface area contributed by atoms with Gasteiger partial charge in [0, 0.05) is 28.7 Å². The first kappa shape index (κ1) is 13.1. The highest BCUT2D eigenvalue weighted by Gasteiger charge is 2.29. The third-order valence-electron chi connectivity index (χ3n) is 3.31. The lowest BCUT2D eigenvalue weighted by Gasteiger charge is -2.27. The van der Waals surface area contributed by atoms with Crippen LogP contribution in [-0.2, 0) is 5.41 Å². The number of rotatable bonds is 2. The molecule has 0 amide bonds. The topological polar surface area (TPSA) is 80.9 Å². The van der Waals surface area contributed by atoms with Crippen molar-refractivity contribution in [1.82, 2.24) is 0 Å². The summed E-state index contributed by atoms with van der Waals surface area (Å²) < 4.78 is 0. The van der Waals surface area contributed by atoms with Crippen molar-refractivity contribution >= 4 is 0 Å². The summed E-state index contributed by atoms with van der Waals surface area (Å²) in [5.74, 6) is -0.131. The molecule has 0 spiro atoms. The molecule has 4 N–H and O–H groups in total. The summed E-state index contributed by atoms with van der Waals surface area (Å²) in [5, 5.41) is 38.5. The summed E-state index contributed by atoms with van der Waals surface area (Å²) in [7, 11) is 0. The lowest BCUT2D eigenvalue weighted by Crippen LogP contribution is -2.19. The molecule has 4 nitrogen and oxygen atoms in total. The van der Waals surface area contributed by atoms with Gasteiger partial charge in [0.05, 0.1) is 0 Å². The van der Waals surface area contributed by atoms with Crippen LogP contribution in [0, 0.1) is 0 Å². The molecule has 2 aromatic rings. The van der Waals surface area contributed by atoms with Crippen LogP contribution in [0.5, 0.6) is 23.0 Å². The number of benzene rings is 2. The van der Waals surface area contributed by atoms with Gasteiger partial charge >= 0.3 is 0 Å². The first-order valence-electron chi connectivity index (χ1n) is 5.87. The maximum atomic E-state index is 9.94. The molecule has 2 aromatic carbocycles. The van der Waals surface area contributed by atoms with Crippen LogP contribution < -0.4 is 0 Å². The van der Waals surface area contributed by atoms with Gasteiger partial charge < -0.3 is 20.4 Å². The summed E-state index contributed by atoms with van der Waals surface area (Å²) in [4.78, 5) is 0. The van der Waals surface area contributed by atoms with E-state index in [0.29, 0.717) is 11.1 Å². The molecule has 19 heavy (non-hydrogen) atoms. The highest BCUT2D eigenvalue weighted by Crippen LogP contribution is 2.42. The van der Waals surface area contributed by atoms with Gasteiger partial charge in [-0.3, -0.25) is 0 Å². The number of phenols is 4. The largest absolute Gasteiger partial charge is 0.508 e. The minimum Gasteiger partial charge on any atom is -0.508 e. The van der Waals surface area contributed by atoms with E-state index in [1.165, 1.54) is 24.3 Å². The van der Waals surface area contributed by atoms with Crippen LogP contribution in [0.3, 0.4) is 0 Å². The van der Waals surface area contributed by atoms with Crippen molar-refractivity contribution in [1.29, 1.82) is 0 Å². The molecule has 0 fully saturated rings. The molecule has 4 heteroatoms. The van der Waals surface area contributed by atoms with E-state index in [4.69, 9.17) is 0 Å². The molecule has 0 aliphatic carbocycles. The van der Waals surface area contributed by atoms with E-state index in [2.05, 4.69) is 0 Å². The third-order valence-corrected chi connectivity index (χ3v) is 3.31. The van der Waals surface area contributed by atoms with Crippen LogP contribution in [0.2, 0.25) is 0 Å². The Bertz CT molecular complexity index is 564. The number of aromatic hydroxyl groups is 4. The molecule has 0 saturated carbocycles. The maximum absolute atomic E-state index is 9.94. The van der Waals surface area contributed by atoms with Crippen molar-refractivity contribution in [2.24, 2.45) is 0 Å². The zero-order valence-corrected chi connectivity index (χ0v) is 10.8. The van der Waals surface area contributed by atoms with Crippen LogP contribution in [0.15, 0.2) is 36.4 Å². The molecule has 0 atom stereocenters. The van der Waals surface area contributed by atoms with Gasteiger partial charge in [-0.15, -0.1) is 0 Å². The van der Waals surface area contributed by atoms with Crippen molar-refractivity contribution in [2.45, 2.75) is 19.3 Å². The molecule has 0 unspecified atom stereocenters. The van der Waals surface area contributed by atoms with E-state index in [9.17, 15) is 20.4 Å². The molecule has 100 valence electrons. The minimum absolute atomic E-state index is 0.0213. The van der Waals surface area contributed by atoms with Gasteiger partial charge in [-0.05, 0) is 12.1 Å². The van der Waals surface area contributed by atoms with Crippen LogP contribution >= 0.6 is 0 Å². The van der Waals surface area contributed by atoms with E-state index in [1.807, 2.05) is 13.8 Å². The zero-order chi connectivity index (χ0) is 14.2. The summed E-state index contributed by atoms with van der Waals surface area (Å²) >= 11 is 0. The number of hydrogen-bond acceptors (Lipinski definition) is 4. The van der Waals surface area contributed by atoms with Crippen molar-refractivity contribution in [3.8, 4) is 23.0 Å². The maximum Gasteiger partial charge on any atom is 0.123 e. The standard InChI is InChI=1S/C15H16O4/c1-15(2,11-5-3-9(16)7-13(11)18)12-6-4-10(17)8-14(12)19/h3-8,16-19H,1-2H3. The first-order chi connectivity index (χ1) is 8.82. The van der Waals surface area contributed by atoms with Crippen LogP contribution in [0.25, 0.3) is 0 Å². The van der Waals surface area contributed by atoms with Crippen molar-refractivity contribution in [3.05, 3.63) is 47.5 Å². The van der Waals surface area contributed by atoms with E-state index in [0.717, 1.165) is 0 Å². The average molecular weight is 260 g/mol. The highest BCUT2D eigenvalue weighted by molar-refractivity contribution is 5.53. The second-order valence-corrected chi connectivity index (χ2v) is 5.03. The van der Waals surface area contributed by atoms with Crippen molar-refractivity contribution < 1.29 is 20.4 Å². The van der Waals surface area contributed by atoms with Gasteiger partial charge in [-0.25, -0.2) is 0 Å². The lowest BCUT2D eigenvalue weighted by atomic mass is 9.77. The fourth-order valence-corrected chi connectivity index (χ4v) is 2.24. The minimum atomic E-state index is -0.671. The van der Waals surface area contributed by atoms with Gasteiger partial charge in [0.2, 0.25) is 0 Å². The second kappa shape index (κ2) is 4.39. The SMILES string of the molecule is CC(C)(c1ccc(O)cc1O)c1ccc(O)cc1O. The lowest BCUT2D eigenvalue weighted by molar-refractivity contribution is 0.422. The smallest absolute Gasteiger partial charge is 0.123 e. The van der Waals surface area contributed by atoms with Crippen molar-refractivity contribution in [3.63, 3.8) is 0 Å². The Kier molecular flexibility index (Phi) is 3.02. The molecule has 0 saturated heterocycles. The predicted octanol–water partition coefficient (Wildman–Crippen LogP) is 2.83. The van der Waals surface area contributed by atoms with E-state index in [1.54, 1.807) is 12.1 Å². The van der Waals surface area contributed by atoms with Crippen LogP contribution in [0.1, 0.15) is 25.0 Å². The predicted molar refractivity (Wildman–Crippen MR) is 71.7 cm³/mol. The van der Waals surface area contributed by atoms with E-state index >= 15 is 0 Å². The summed E-state index contributed by atoms with van der Waals surface area (Å²) in [6.45, 7) is 3.68. The van der Waals surface area contributed by atoms with Gasteiger partial charge in [0.15, 0.2) is 0 Å². The molecular weight excluding hydrogens is 244 g/mol. The van der Waals surface area contributed by atoms with Gasteiger partial charge in [-0.2, -0.15) is 0 Å². The second-order valence-electron chi connectivity index (χ2n) is 5.03. The van der Waals surface area contributed by atoms with Crippen LogP contribution in [-0.4, -0.2) is 20.4 Å². The monoisotopic (exact) mass is 260 g/mol. The Morgan fingerprint density at radius 2 is 1.05 bits per heavy atom. The molecular formula is C15H16O4. The van der Waals surface area contributed by atoms with Gasteiger partial charge in [-0.1, -0.05) is 26.0 Å². The molecule has 0 aliphatic rings. The fraction of sp³-hybridized carbons (Fsp3) is 0.200. The number of phenolic OH excluding ortho intramolecular Hbond substituents is 4. The summed E-state index contributed by atoms with van der Waals surface area (Å²) in [5.41, 5.74) is 0.479. The quantitative estimate of drug-likeness (QED) is 0.669. The highest BCUT2D eigenvalue weighted by atomic mass is 16.3. The summed E-state index contributed by atoms with van der Waals surface area (Å²) in [6, 6.07) is 8.69. The van der Waals surface area contributed by atoms with Gasteiger partial charge in [0.1, 0.15) is 23.0 Å². The summed E-state index contributed by atoms with van der Waals surface area (Å²) in [6.07, 6.45) is 0. The third kappa shape index (κ3) is 2.29. The fourth-order valence-electron chi connectivity index (χ4n) is 2.24. The Labute approximate surface area is 111 Å². The molecule has 0 aromatic heterocycles. The van der Waals surface area contributed by atoms with E-state index in [-0.39, 0.29) is 23.0 Å². The molecule has 0 radical (unpaired) electrons.